The first kappa shape index (κ1) is 17.9. The summed E-state index contributed by atoms with van der Waals surface area (Å²) in [6, 6.07) is 5.55. The number of hydrogen-bond donors (Lipinski definition) is 2. The fourth-order valence-electron chi connectivity index (χ4n) is 2.87. The Hall–Kier alpha value is -2.90. The van der Waals surface area contributed by atoms with Crippen LogP contribution in [0.25, 0.3) is 11.5 Å². The van der Waals surface area contributed by atoms with Gasteiger partial charge in [-0.05, 0) is 37.6 Å². The van der Waals surface area contributed by atoms with E-state index in [0.717, 1.165) is 0 Å². The van der Waals surface area contributed by atoms with E-state index in [1.807, 2.05) is 0 Å². The molecule has 1 aliphatic rings. The molecule has 1 unspecified atom stereocenters. The maximum absolute atomic E-state index is 12.9. The van der Waals surface area contributed by atoms with Gasteiger partial charge in [0.25, 0.3) is 0 Å². The summed E-state index contributed by atoms with van der Waals surface area (Å²) >= 11 is 0. The Balaban J connectivity index is 1.49. The minimum Gasteiger partial charge on any atom is -0.481 e. The van der Waals surface area contributed by atoms with Crippen LogP contribution >= 0.6 is 0 Å². The van der Waals surface area contributed by atoms with E-state index in [0.29, 0.717) is 43.1 Å². The smallest absolute Gasteiger partial charge is 0.317 e. The quantitative estimate of drug-likeness (QED) is 0.853. The minimum atomic E-state index is -0.885. The molecule has 0 spiro atoms. The zero-order valence-electron chi connectivity index (χ0n) is 14.4. The molecule has 1 fully saturated rings. The average molecular weight is 361 g/mol. The van der Waals surface area contributed by atoms with Gasteiger partial charge in [-0.2, -0.15) is 0 Å². The third-order valence-corrected chi connectivity index (χ3v) is 4.58. The molecular formula is C18H20FN3O4. The number of halogens is 1. The van der Waals surface area contributed by atoms with Crippen molar-refractivity contribution in [3.8, 4) is 11.5 Å². The molecule has 3 rings (SSSR count). The van der Waals surface area contributed by atoms with Gasteiger partial charge in [-0.25, -0.2) is 14.2 Å². The number of hydrogen-bond acceptors (Lipinski definition) is 4. The summed E-state index contributed by atoms with van der Waals surface area (Å²) in [7, 11) is 0. The summed E-state index contributed by atoms with van der Waals surface area (Å²) in [5, 5.41) is 12.0. The molecule has 1 saturated heterocycles. The Kier molecular flexibility index (Phi) is 4.92. The summed E-state index contributed by atoms with van der Waals surface area (Å²) < 4.78 is 18.3. The highest BCUT2D eigenvalue weighted by atomic mass is 19.1. The van der Waals surface area contributed by atoms with Gasteiger partial charge in [0.2, 0.25) is 5.89 Å². The van der Waals surface area contributed by atoms with Crippen molar-refractivity contribution in [3.05, 3.63) is 42.0 Å². The van der Waals surface area contributed by atoms with E-state index < -0.39 is 11.4 Å². The topological polar surface area (TPSA) is 95.7 Å². The molecule has 2 aromatic rings. The molecule has 0 saturated carbocycles. The Morgan fingerprint density at radius 2 is 2.12 bits per heavy atom. The highest BCUT2D eigenvalue weighted by Gasteiger charge is 2.42. The molecular weight excluding hydrogens is 341 g/mol. The Labute approximate surface area is 149 Å². The number of nitrogens with one attached hydrogen (secondary N) is 1. The standard InChI is InChI=1S/C18H20FN3O4/c1-18(16(23)24)7-9-22(11-18)17(25)20-8-6-14-10-26-15(21-14)12-2-4-13(19)5-3-12/h2-5,10H,6-9,11H2,1H3,(H,20,25)(H,23,24). The van der Waals surface area contributed by atoms with E-state index in [1.165, 1.54) is 23.3 Å². The van der Waals surface area contributed by atoms with Crippen molar-refractivity contribution in [2.24, 2.45) is 5.41 Å². The predicted octanol–water partition coefficient (Wildman–Crippen LogP) is 2.53. The molecule has 0 aliphatic carbocycles. The van der Waals surface area contributed by atoms with Gasteiger partial charge < -0.3 is 19.7 Å². The first-order chi connectivity index (χ1) is 12.4. The highest BCUT2D eigenvalue weighted by Crippen LogP contribution is 2.29. The van der Waals surface area contributed by atoms with Gasteiger partial charge in [-0.1, -0.05) is 0 Å². The predicted molar refractivity (Wildman–Crippen MR) is 90.9 cm³/mol. The van der Waals surface area contributed by atoms with Crippen LogP contribution in [0.1, 0.15) is 19.0 Å². The fraction of sp³-hybridized carbons (Fsp3) is 0.389. The molecule has 7 nitrogen and oxygen atoms in total. The van der Waals surface area contributed by atoms with Crippen molar-refractivity contribution < 1.29 is 23.5 Å². The molecule has 1 aromatic carbocycles. The van der Waals surface area contributed by atoms with Crippen molar-refractivity contribution in [2.45, 2.75) is 19.8 Å². The summed E-state index contributed by atoms with van der Waals surface area (Å²) in [6.45, 7) is 2.63. The Bertz CT molecular complexity index is 805. The van der Waals surface area contributed by atoms with E-state index in [9.17, 15) is 19.1 Å². The van der Waals surface area contributed by atoms with Crippen molar-refractivity contribution in [1.29, 1.82) is 0 Å². The number of nitrogens with zero attached hydrogens (tertiary/aromatic N) is 2. The van der Waals surface area contributed by atoms with Crippen LogP contribution in [0.2, 0.25) is 0 Å². The lowest BCUT2D eigenvalue weighted by molar-refractivity contribution is -0.147. The van der Waals surface area contributed by atoms with Crippen LogP contribution in [0.4, 0.5) is 9.18 Å². The third kappa shape index (κ3) is 3.84. The maximum Gasteiger partial charge on any atom is 0.317 e. The van der Waals surface area contributed by atoms with Crippen LogP contribution in [0.15, 0.2) is 34.9 Å². The summed E-state index contributed by atoms with van der Waals surface area (Å²) in [6.07, 6.45) is 2.42. The third-order valence-electron chi connectivity index (χ3n) is 4.58. The number of likely N-dealkylation sites (tertiary alicyclic amines) is 1. The number of carboxylic acids is 1. The minimum absolute atomic E-state index is 0.201. The van der Waals surface area contributed by atoms with Crippen molar-refractivity contribution in [3.63, 3.8) is 0 Å². The first-order valence-electron chi connectivity index (χ1n) is 8.34. The number of aromatic nitrogens is 1. The fourth-order valence-corrected chi connectivity index (χ4v) is 2.87. The van der Waals surface area contributed by atoms with E-state index >= 15 is 0 Å². The van der Waals surface area contributed by atoms with Crippen LogP contribution in [-0.2, 0) is 11.2 Å². The van der Waals surface area contributed by atoms with Crippen molar-refractivity contribution >= 4 is 12.0 Å². The van der Waals surface area contributed by atoms with Crippen molar-refractivity contribution in [2.75, 3.05) is 19.6 Å². The number of aliphatic carboxylic acids is 1. The average Bonchev–Trinajstić information content (AvgIpc) is 3.23. The number of benzene rings is 1. The molecule has 2 amide bonds. The molecule has 1 aromatic heterocycles. The van der Waals surface area contributed by atoms with Crippen LogP contribution in [0.3, 0.4) is 0 Å². The van der Waals surface area contributed by atoms with E-state index in [4.69, 9.17) is 4.42 Å². The van der Waals surface area contributed by atoms with Gasteiger partial charge in [0.15, 0.2) is 0 Å². The number of amides is 2. The van der Waals surface area contributed by atoms with E-state index in [1.54, 1.807) is 19.1 Å². The molecule has 1 aliphatic heterocycles. The first-order valence-corrected chi connectivity index (χ1v) is 8.34. The number of oxazole rings is 1. The summed E-state index contributed by atoms with van der Waals surface area (Å²) in [4.78, 5) is 29.2. The second kappa shape index (κ2) is 7.15. The largest absolute Gasteiger partial charge is 0.481 e. The second-order valence-electron chi connectivity index (χ2n) is 6.67. The monoisotopic (exact) mass is 361 g/mol. The number of carbonyl (C=O) groups excluding carboxylic acids is 1. The summed E-state index contributed by atoms with van der Waals surface area (Å²) in [5.74, 6) is -0.823. The molecule has 26 heavy (non-hydrogen) atoms. The van der Waals surface area contributed by atoms with Gasteiger partial charge in [0.1, 0.15) is 12.1 Å². The van der Waals surface area contributed by atoms with E-state index in [2.05, 4.69) is 10.3 Å². The molecule has 2 heterocycles. The lowest BCUT2D eigenvalue weighted by Crippen LogP contribution is -2.41. The Morgan fingerprint density at radius 3 is 2.77 bits per heavy atom. The van der Waals surface area contributed by atoms with Gasteiger partial charge in [-0.15, -0.1) is 0 Å². The molecule has 1 atom stereocenters. The van der Waals surface area contributed by atoms with Crippen LogP contribution < -0.4 is 5.32 Å². The van der Waals surface area contributed by atoms with Crippen molar-refractivity contribution in [1.82, 2.24) is 15.2 Å². The lowest BCUT2D eigenvalue weighted by Gasteiger charge is -2.20. The van der Waals surface area contributed by atoms with Crippen LogP contribution in [0, 0.1) is 11.2 Å². The Morgan fingerprint density at radius 1 is 1.38 bits per heavy atom. The second-order valence-corrected chi connectivity index (χ2v) is 6.67. The maximum atomic E-state index is 12.9. The number of carbonyl (C=O) groups is 2. The van der Waals surface area contributed by atoms with Crippen LogP contribution in [-0.4, -0.2) is 46.6 Å². The van der Waals surface area contributed by atoms with E-state index in [-0.39, 0.29) is 18.4 Å². The van der Waals surface area contributed by atoms with Gasteiger partial charge >= 0.3 is 12.0 Å². The van der Waals surface area contributed by atoms with Gasteiger partial charge in [-0.3, -0.25) is 4.79 Å². The van der Waals surface area contributed by atoms with Crippen LogP contribution in [0.5, 0.6) is 0 Å². The zero-order chi connectivity index (χ0) is 18.7. The number of carboxylic acid groups (broad SMARTS) is 1. The molecule has 0 bridgehead atoms. The highest BCUT2D eigenvalue weighted by molar-refractivity contribution is 5.79. The summed E-state index contributed by atoms with van der Waals surface area (Å²) in [5.41, 5.74) is 0.459. The van der Waals surface area contributed by atoms with Gasteiger partial charge in [0.05, 0.1) is 11.1 Å². The lowest BCUT2D eigenvalue weighted by atomic mass is 9.90. The zero-order valence-corrected chi connectivity index (χ0v) is 14.4. The van der Waals surface area contributed by atoms with Gasteiger partial charge in [0, 0.05) is 31.6 Å². The number of urea groups is 1. The molecule has 0 radical (unpaired) electrons. The molecule has 8 heteroatoms. The molecule has 2 N–H and O–H groups in total. The normalized spacial score (nSPS) is 19.5. The molecule has 138 valence electrons. The number of rotatable bonds is 5. The SMILES string of the molecule is CC1(C(=O)O)CCN(C(=O)NCCc2coc(-c3ccc(F)cc3)n2)C1.